The molecular formula is C21H31ClN6O4. The fraction of sp³-hybridized carbons (Fsp3) is 0.524. The molecule has 1 saturated heterocycles. The van der Waals surface area contributed by atoms with Crippen molar-refractivity contribution in [1.29, 1.82) is 0 Å². The number of esters is 1. The summed E-state index contributed by atoms with van der Waals surface area (Å²) in [5.41, 5.74) is 17.7. The molecule has 2 amide bonds. The number of guanidine groups is 1. The lowest BCUT2D eigenvalue weighted by molar-refractivity contribution is -0.147. The maximum absolute atomic E-state index is 12.9. The van der Waals surface area contributed by atoms with Gasteiger partial charge in [-0.25, -0.2) is 4.79 Å². The molecule has 176 valence electrons. The van der Waals surface area contributed by atoms with Gasteiger partial charge in [0.15, 0.2) is 12.0 Å². The predicted octanol–water partition coefficient (Wildman–Crippen LogP) is -0.175. The topological polar surface area (TPSA) is 166 Å². The molecule has 7 N–H and O–H groups in total. The van der Waals surface area contributed by atoms with Gasteiger partial charge in [0.2, 0.25) is 11.8 Å². The second kappa shape index (κ2) is 12.9. The molecule has 1 heterocycles. The normalized spacial score (nSPS) is 17.3. The summed E-state index contributed by atoms with van der Waals surface area (Å²) in [6.07, 6.45) is 2.23. The van der Waals surface area contributed by atoms with Crippen molar-refractivity contribution in [3.8, 4) is 0 Å². The van der Waals surface area contributed by atoms with E-state index < -0.39 is 30.0 Å². The van der Waals surface area contributed by atoms with Gasteiger partial charge in [-0.05, 0) is 37.7 Å². The van der Waals surface area contributed by atoms with E-state index in [1.165, 1.54) is 4.90 Å². The Balaban J connectivity index is 2.00. The van der Waals surface area contributed by atoms with Crippen molar-refractivity contribution in [2.45, 2.75) is 50.2 Å². The van der Waals surface area contributed by atoms with E-state index in [0.717, 1.165) is 5.56 Å². The zero-order valence-corrected chi connectivity index (χ0v) is 18.7. The van der Waals surface area contributed by atoms with E-state index in [1.54, 1.807) is 0 Å². The van der Waals surface area contributed by atoms with Crippen molar-refractivity contribution < 1.29 is 19.1 Å². The molecule has 0 aromatic heterocycles. The fourth-order valence-corrected chi connectivity index (χ4v) is 3.75. The smallest absolute Gasteiger partial charge is 0.329 e. The Morgan fingerprint density at radius 3 is 2.62 bits per heavy atom. The minimum absolute atomic E-state index is 0.0547. The van der Waals surface area contributed by atoms with Crippen molar-refractivity contribution >= 4 is 35.3 Å². The van der Waals surface area contributed by atoms with Gasteiger partial charge in [-0.1, -0.05) is 41.9 Å². The van der Waals surface area contributed by atoms with Crippen LogP contribution in [-0.4, -0.2) is 65.9 Å². The average molecular weight is 467 g/mol. The molecule has 1 aliphatic rings. The van der Waals surface area contributed by atoms with Gasteiger partial charge < -0.3 is 32.2 Å². The molecule has 10 nitrogen and oxygen atoms in total. The van der Waals surface area contributed by atoms with Crippen LogP contribution in [0.4, 0.5) is 0 Å². The first kappa shape index (κ1) is 25.4. The van der Waals surface area contributed by atoms with Crippen molar-refractivity contribution in [3.05, 3.63) is 35.9 Å². The van der Waals surface area contributed by atoms with E-state index >= 15 is 0 Å². The minimum Gasteiger partial charge on any atom is -0.448 e. The zero-order chi connectivity index (χ0) is 23.5. The molecule has 0 unspecified atom stereocenters. The Kier molecular flexibility index (Phi) is 10.2. The Hall–Kier alpha value is -2.85. The standard InChI is InChI=1S/C21H31ClN6O4/c22-13-32-20(31)16(8-4-10-26-21(24)25)27-18(29)17-9-5-11-28(17)19(30)15(23)12-14-6-2-1-3-7-14/h1-3,6-7,15-17H,4-5,8-13,23H2,(H,27,29)(H4,24,25,26)/t15-,16-,17-/m0/s1. The number of nitrogens with zero attached hydrogens (tertiary/aromatic N) is 2. The number of rotatable bonds is 11. The first-order valence-electron chi connectivity index (χ1n) is 10.5. The molecule has 1 aromatic rings. The first-order chi connectivity index (χ1) is 15.3. The molecule has 0 radical (unpaired) electrons. The number of aliphatic imine (C=N–C) groups is 1. The summed E-state index contributed by atoms with van der Waals surface area (Å²) in [5.74, 6) is -1.43. The maximum atomic E-state index is 12.9. The van der Waals surface area contributed by atoms with Gasteiger partial charge in [-0.15, -0.1) is 0 Å². The van der Waals surface area contributed by atoms with Crippen LogP contribution in [0.15, 0.2) is 35.3 Å². The van der Waals surface area contributed by atoms with Crippen LogP contribution >= 0.6 is 11.6 Å². The third-order valence-electron chi connectivity index (χ3n) is 5.20. The van der Waals surface area contributed by atoms with Crippen LogP contribution in [0.3, 0.4) is 0 Å². The number of ether oxygens (including phenoxy) is 1. The number of benzene rings is 1. The lowest BCUT2D eigenvalue weighted by atomic mass is 10.0. The molecular weight excluding hydrogens is 436 g/mol. The third-order valence-corrected chi connectivity index (χ3v) is 5.31. The van der Waals surface area contributed by atoms with Crippen LogP contribution in [0.2, 0.25) is 0 Å². The Morgan fingerprint density at radius 2 is 1.97 bits per heavy atom. The Bertz CT molecular complexity index is 803. The molecule has 2 rings (SSSR count). The number of carbonyl (C=O) groups is 3. The van der Waals surface area contributed by atoms with E-state index in [4.69, 9.17) is 33.5 Å². The summed E-state index contributed by atoms with van der Waals surface area (Å²) in [6.45, 7) is 0.728. The number of amides is 2. The SMILES string of the molecule is NC(N)=NCCC[C@H](NC(=O)[C@@H]1CCCN1C(=O)[C@@H](N)Cc1ccccc1)C(=O)OCCl. The molecule has 0 spiro atoms. The van der Waals surface area contributed by atoms with Crippen LogP contribution in [0.1, 0.15) is 31.2 Å². The van der Waals surface area contributed by atoms with Gasteiger partial charge in [0.1, 0.15) is 12.1 Å². The predicted molar refractivity (Wildman–Crippen MR) is 122 cm³/mol. The number of likely N-dealkylation sites (tertiary alicyclic amines) is 1. The number of hydrogen-bond acceptors (Lipinski definition) is 6. The van der Waals surface area contributed by atoms with Gasteiger partial charge in [0, 0.05) is 13.1 Å². The highest BCUT2D eigenvalue weighted by Crippen LogP contribution is 2.20. The second-order valence-electron chi connectivity index (χ2n) is 7.57. The summed E-state index contributed by atoms with van der Waals surface area (Å²) in [7, 11) is 0. The zero-order valence-electron chi connectivity index (χ0n) is 17.9. The Morgan fingerprint density at radius 1 is 1.25 bits per heavy atom. The fourth-order valence-electron chi connectivity index (χ4n) is 3.65. The summed E-state index contributed by atoms with van der Waals surface area (Å²) >= 11 is 5.50. The molecule has 0 bridgehead atoms. The van der Waals surface area contributed by atoms with E-state index in [-0.39, 0.29) is 24.4 Å². The quantitative estimate of drug-likeness (QED) is 0.115. The summed E-state index contributed by atoms with van der Waals surface area (Å²) in [6, 6.07) is 6.73. The molecule has 3 atom stereocenters. The van der Waals surface area contributed by atoms with Crippen molar-refractivity contribution in [1.82, 2.24) is 10.2 Å². The third kappa shape index (κ3) is 7.69. The molecule has 11 heteroatoms. The van der Waals surface area contributed by atoms with Gasteiger partial charge >= 0.3 is 5.97 Å². The summed E-state index contributed by atoms with van der Waals surface area (Å²) < 4.78 is 4.85. The molecule has 1 aliphatic heterocycles. The van der Waals surface area contributed by atoms with Crippen molar-refractivity contribution in [2.75, 3.05) is 19.2 Å². The lowest BCUT2D eigenvalue weighted by Crippen LogP contribution is -2.54. The molecule has 1 fully saturated rings. The number of carbonyl (C=O) groups excluding carboxylic acids is 3. The van der Waals surface area contributed by atoms with Gasteiger partial charge in [0.25, 0.3) is 0 Å². The van der Waals surface area contributed by atoms with E-state index in [9.17, 15) is 14.4 Å². The number of alkyl halides is 1. The molecule has 1 aromatic carbocycles. The van der Waals surface area contributed by atoms with Crippen LogP contribution in [-0.2, 0) is 25.5 Å². The number of halogens is 1. The highest BCUT2D eigenvalue weighted by Gasteiger charge is 2.37. The molecule has 0 aliphatic carbocycles. The largest absolute Gasteiger partial charge is 0.448 e. The minimum atomic E-state index is -0.925. The van der Waals surface area contributed by atoms with Crippen molar-refractivity contribution in [3.63, 3.8) is 0 Å². The van der Waals surface area contributed by atoms with Crippen LogP contribution in [0.25, 0.3) is 0 Å². The highest BCUT2D eigenvalue weighted by atomic mass is 35.5. The highest BCUT2D eigenvalue weighted by molar-refractivity contribution is 6.17. The number of hydrogen-bond donors (Lipinski definition) is 4. The monoisotopic (exact) mass is 466 g/mol. The van der Waals surface area contributed by atoms with E-state index in [0.29, 0.717) is 38.8 Å². The number of nitrogens with one attached hydrogen (secondary N) is 1. The van der Waals surface area contributed by atoms with Crippen LogP contribution in [0, 0.1) is 0 Å². The van der Waals surface area contributed by atoms with Gasteiger partial charge in [-0.3, -0.25) is 14.6 Å². The summed E-state index contributed by atoms with van der Waals surface area (Å²) in [5, 5.41) is 2.69. The molecule has 32 heavy (non-hydrogen) atoms. The first-order valence-corrected chi connectivity index (χ1v) is 11.0. The van der Waals surface area contributed by atoms with Crippen molar-refractivity contribution in [2.24, 2.45) is 22.2 Å². The average Bonchev–Trinajstić information content (AvgIpc) is 3.26. The van der Waals surface area contributed by atoms with Crippen LogP contribution in [0.5, 0.6) is 0 Å². The molecule has 0 saturated carbocycles. The van der Waals surface area contributed by atoms with Crippen LogP contribution < -0.4 is 22.5 Å². The lowest BCUT2D eigenvalue weighted by Gasteiger charge is -2.28. The summed E-state index contributed by atoms with van der Waals surface area (Å²) in [4.78, 5) is 43.5. The van der Waals surface area contributed by atoms with E-state index in [2.05, 4.69) is 10.3 Å². The van der Waals surface area contributed by atoms with Gasteiger partial charge in [-0.2, -0.15) is 0 Å². The number of nitrogens with two attached hydrogens (primary N) is 3. The maximum Gasteiger partial charge on any atom is 0.329 e. The van der Waals surface area contributed by atoms with E-state index in [1.807, 2.05) is 30.3 Å². The van der Waals surface area contributed by atoms with Gasteiger partial charge in [0.05, 0.1) is 6.04 Å². The second-order valence-corrected chi connectivity index (χ2v) is 7.79. The Labute approximate surface area is 192 Å².